The van der Waals surface area contributed by atoms with Gasteiger partial charge in [0.15, 0.2) is 0 Å². The van der Waals surface area contributed by atoms with Crippen LogP contribution in [0.1, 0.15) is 36.7 Å². The lowest BCUT2D eigenvalue weighted by Crippen LogP contribution is -2.30. The summed E-state index contributed by atoms with van der Waals surface area (Å²) in [5.74, 6) is 0.181. The normalized spacial score (nSPS) is 16.1. The number of aryl methyl sites for hydroxylation is 3. The molecule has 2 aromatic heterocycles. The quantitative estimate of drug-likeness (QED) is 0.640. The van der Waals surface area contributed by atoms with Crippen LogP contribution in [0, 0.1) is 32.5 Å². The summed E-state index contributed by atoms with van der Waals surface area (Å²) in [6, 6.07) is 9.80. The molecule has 0 atom stereocenters. The number of nitrogens with zero attached hydrogens (tertiary/aromatic N) is 3. The van der Waals surface area contributed by atoms with Crippen molar-refractivity contribution in [2.75, 3.05) is 13.1 Å². The minimum atomic E-state index is -0.259. The van der Waals surface area contributed by atoms with Gasteiger partial charge in [-0.05, 0) is 107 Å². The fourth-order valence-corrected chi connectivity index (χ4v) is 4.11. The van der Waals surface area contributed by atoms with E-state index in [1.54, 1.807) is 6.07 Å². The number of nitrogens with one attached hydrogen (secondary N) is 1. The Morgan fingerprint density at radius 3 is 2.50 bits per heavy atom. The molecule has 0 saturated carbocycles. The minimum Gasteiger partial charge on any atom is -0.317 e. The zero-order valence-corrected chi connectivity index (χ0v) is 17.0. The molecule has 0 spiro atoms. The van der Waals surface area contributed by atoms with Gasteiger partial charge in [-0.2, -0.15) is 5.10 Å². The van der Waals surface area contributed by atoms with Gasteiger partial charge in [0.1, 0.15) is 11.5 Å². The zero-order chi connectivity index (χ0) is 19.8. The van der Waals surface area contributed by atoms with Crippen LogP contribution in [0.5, 0.6) is 0 Å². The highest BCUT2D eigenvalue weighted by Gasteiger charge is 2.17. The van der Waals surface area contributed by atoms with Crippen LogP contribution in [0.25, 0.3) is 16.6 Å². The summed E-state index contributed by atoms with van der Waals surface area (Å²) in [5.41, 5.74) is 7.26. The van der Waals surface area contributed by atoms with Gasteiger partial charge in [-0.3, -0.25) is 4.99 Å². The second-order valence-electron chi connectivity index (χ2n) is 7.91. The molecule has 1 N–H and O–H groups in total. The molecule has 1 aliphatic heterocycles. The number of halogens is 1. The molecule has 146 valence electrons. The van der Waals surface area contributed by atoms with Crippen molar-refractivity contribution >= 4 is 16.9 Å². The third kappa shape index (κ3) is 3.59. The van der Waals surface area contributed by atoms with E-state index in [0.29, 0.717) is 11.6 Å². The lowest BCUT2D eigenvalue weighted by molar-refractivity contribution is 0.455. The number of aromatic nitrogens is 2. The molecule has 1 aliphatic rings. The number of hydrogen-bond acceptors (Lipinski definition) is 3. The number of rotatable bonds is 3. The van der Waals surface area contributed by atoms with Gasteiger partial charge >= 0.3 is 0 Å². The van der Waals surface area contributed by atoms with E-state index in [4.69, 9.17) is 0 Å². The van der Waals surface area contributed by atoms with E-state index in [2.05, 4.69) is 27.5 Å². The lowest BCUT2D eigenvalue weighted by atomic mass is 9.93. The molecule has 28 heavy (non-hydrogen) atoms. The van der Waals surface area contributed by atoms with Crippen LogP contribution in [0.4, 0.5) is 10.1 Å². The van der Waals surface area contributed by atoms with Crippen molar-refractivity contribution in [2.24, 2.45) is 10.9 Å². The maximum Gasteiger partial charge on any atom is 0.149 e. The van der Waals surface area contributed by atoms with Crippen LogP contribution in [0.3, 0.4) is 0 Å². The smallest absolute Gasteiger partial charge is 0.149 e. The largest absolute Gasteiger partial charge is 0.317 e. The Morgan fingerprint density at radius 1 is 1.07 bits per heavy atom. The molecular formula is C23H27FN4. The third-order valence-corrected chi connectivity index (χ3v) is 5.67. The molecule has 0 aliphatic carbocycles. The molecule has 4 nitrogen and oxygen atoms in total. The van der Waals surface area contributed by atoms with Gasteiger partial charge in [0.05, 0.1) is 11.2 Å². The van der Waals surface area contributed by atoms with E-state index < -0.39 is 0 Å². The highest BCUT2D eigenvalue weighted by atomic mass is 19.1. The molecule has 0 amide bonds. The van der Waals surface area contributed by atoms with Crippen LogP contribution in [-0.4, -0.2) is 28.4 Å². The Hall–Kier alpha value is -2.53. The Balaban J connectivity index is 1.71. The molecule has 1 aromatic carbocycles. The van der Waals surface area contributed by atoms with Crippen molar-refractivity contribution in [1.29, 1.82) is 0 Å². The summed E-state index contributed by atoms with van der Waals surface area (Å²) in [6.45, 7) is 9.99. The average molecular weight is 378 g/mol. The summed E-state index contributed by atoms with van der Waals surface area (Å²) in [6.07, 6.45) is 2.14. The molecule has 0 radical (unpaired) electrons. The predicted octanol–water partition coefficient (Wildman–Crippen LogP) is 5.16. The van der Waals surface area contributed by atoms with Gasteiger partial charge in [0.25, 0.3) is 0 Å². The molecule has 5 heteroatoms. The highest BCUT2D eigenvalue weighted by Crippen LogP contribution is 2.32. The van der Waals surface area contributed by atoms with E-state index in [-0.39, 0.29) is 5.82 Å². The Kier molecular flexibility index (Phi) is 5.02. The van der Waals surface area contributed by atoms with Crippen molar-refractivity contribution in [3.05, 3.63) is 53.1 Å². The summed E-state index contributed by atoms with van der Waals surface area (Å²) < 4.78 is 16.9. The fourth-order valence-electron chi connectivity index (χ4n) is 4.11. The first kappa shape index (κ1) is 18.8. The number of hydrogen-bond donors (Lipinski definition) is 1. The number of benzene rings is 1. The van der Waals surface area contributed by atoms with Gasteiger partial charge in [-0.25, -0.2) is 8.91 Å². The third-order valence-electron chi connectivity index (χ3n) is 5.67. The predicted molar refractivity (Wildman–Crippen MR) is 113 cm³/mol. The van der Waals surface area contributed by atoms with E-state index in [1.807, 2.05) is 44.3 Å². The first-order valence-electron chi connectivity index (χ1n) is 9.96. The molecule has 4 rings (SSSR count). The average Bonchev–Trinajstić information content (AvgIpc) is 3.06. The van der Waals surface area contributed by atoms with Gasteiger partial charge < -0.3 is 5.32 Å². The molecule has 3 aromatic rings. The van der Waals surface area contributed by atoms with Gasteiger partial charge in [-0.15, -0.1) is 0 Å². The number of aliphatic imine (C=N–C) groups is 1. The van der Waals surface area contributed by atoms with Crippen molar-refractivity contribution in [1.82, 2.24) is 14.9 Å². The van der Waals surface area contributed by atoms with E-state index in [0.717, 1.165) is 65.2 Å². The zero-order valence-electron chi connectivity index (χ0n) is 17.0. The van der Waals surface area contributed by atoms with Gasteiger partial charge in [0.2, 0.25) is 0 Å². The van der Waals surface area contributed by atoms with E-state index >= 15 is 4.39 Å². The summed E-state index contributed by atoms with van der Waals surface area (Å²) in [7, 11) is 0. The molecule has 1 saturated heterocycles. The highest BCUT2D eigenvalue weighted by molar-refractivity contribution is 5.87. The summed E-state index contributed by atoms with van der Waals surface area (Å²) in [5, 5.41) is 7.86. The van der Waals surface area contributed by atoms with Gasteiger partial charge in [-0.1, -0.05) is 0 Å². The maximum atomic E-state index is 15.0. The number of fused-ring (bicyclic) bond motifs is 1. The summed E-state index contributed by atoms with van der Waals surface area (Å²) in [4.78, 5) is 4.69. The number of piperidine rings is 1. The van der Waals surface area contributed by atoms with Crippen LogP contribution in [-0.2, 0) is 0 Å². The summed E-state index contributed by atoms with van der Waals surface area (Å²) >= 11 is 0. The van der Waals surface area contributed by atoms with Crippen molar-refractivity contribution in [3.63, 3.8) is 0 Å². The Morgan fingerprint density at radius 2 is 1.79 bits per heavy atom. The monoisotopic (exact) mass is 378 g/mol. The van der Waals surface area contributed by atoms with Crippen molar-refractivity contribution in [3.8, 4) is 11.1 Å². The van der Waals surface area contributed by atoms with Crippen molar-refractivity contribution < 1.29 is 4.39 Å². The Labute approximate surface area is 165 Å². The SMILES string of the molecule is CC(=Nc1c(C)cc(-c2cc(C)n3nc(C)cc3c2)cc1F)C1CCNCC1. The Bertz CT molecular complexity index is 1030. The minimum absolute atomic E-state index is 0.259. The number of pyridine rings is 1. The molecule has 3 heterocycles. The van der Waals surface area contributed by atoms with Gasteiger partial charge in [0, 0.05) is 11.4 Å². The second kappa shape index (κ2) is 7.47. The maximum absolute atomic E-state index is 15.0. The van der Waals surface area contributed by atoms with Crippen LogP contribution in [0.2, 0.25) is 0 Å². The van der Waals surface area contributed by atoms with Crippen LogP contribution in [0.15, 0.2) is 35.3 Å². The second-order valence-corrected chi connectivity index (χ2v) is 7.91. The first-order chi connectivity index (χ1) is 13.4. The lowest BCUT2D eigenvalue weighted by Gasteiger charge is -2.22. The molecule has 0 bridgehead atoms. The topological polar surface area (TPSA) is 41.7 Å². The molecule has 1 fully saturated rings. The molecule has 0 unspecified atom stereocenters. The fraction of sp³-hybridized carbons (Fsp3) is 0.391. The first-order valence-corrected chi connectivity index (χ1v) is 9.96. The van der Waals surface area contributed by atoms with Crippen LogP contribution >= 0.6 is 0 Å². The van der Waals surface area contributed by atoms with E-state index in [9.17, 15) is 0 Å². The standard InChI is InChI=1S/C23H27FN4/c1-14-9-19(20-11-16(3)28-21(12-20)10-15(2)27-28)13-22(24)23(14)26-17(4)18-5-7-25-8-6-18/h9-13,18,25H,5-8H2,1-4H3. The van der Waals surface area contributed by atoms with E-state index in [1.165, 1.54) is 0 Å². The molecular weight excluding hydrogens is 351 g/mol. The van der Waals surface area contributed by atoms with Crippen LogP contribution < -0.4 is 5.32 Å². The van der Waals surface area contributed by atoms with Crippen molar-refractivity contribution in [2.45, 2.75) is 40.5 Å².